The molecule has 4 rings (SSSR count). The maximum absolute atomic E-state index is 13.9. The summed E-state index contributed by atoms with van der Waals surface area (Å²) >= 11 is 0. The number of likely N-dealkylation sites (N-methyl/N-ethyl adjacent to an activating group) is 1. The summed E-state index contributed by atoms with van der Waals surface area (Å²) in [5, 5.41) is 7.19. The number of aryl methyl sites for hydroxylation is 1. The average molecular weight is 527 g/mol. The summed E-state index contributed by atoms with van der Waals surface area (Å²) in [6.45, 7) is 10.4. The fourth-order valence-electron chi connectivity index (χ4n) is 5.97. The highest BCUT2D eigenvalue weighted by Crippen LogP contribution is 2.38. The van der Waals surface area contributed by atoms with Gasteiger partial charge in [0.15, 0.2) is 0 Å². The summed E-state index contributed by atoms with van der Waals surface area (Å²) < 4.78 is 0. The van der Waals surface area contributed by atoms with Gasteiger partial charge < -0.3 is 20.4 Å². The van der Waals surface area contributed by atoms with Gasteiger partial charge >= 0.3 is 0 Å². The first-order valence-corrected chi connectivity index (χ1v) is 14.5. The molecule has 2 N–H and O–H groups in total. The van der Waals surface area contributed by atoms with Crippen LogP contribution in [0, 0.1) is 19.8 Å². The number of carbonyl (C=O) groups is 1. The minimum absolute atomic E-state index is 0.148. The number of nitrogens with one attached hydrogen (secondary N) is 2. The van der Waals surface area contributed by atoms with Gasteiger partial charge in [-0.15, -0.1) is 0 Å². The molecule has 0 radical (unpaired) electrons. The summed E-state index contributed by atoms with van der Waals surface area (Å²) in [7, 11) is 3.75. The molecule has 1 amide bonds. The largest absolute Gasteiger partial charge is 0.384 e. The zero-order chi connectivity index (χ0) is 27.7. The van der Waals surface area contributed by atoms with Crippen molar-refractivity contribution in [2.24, 2.45) is 5.92 Å². The summed E-state index contributed by atoms with van der Waals surface area (Å²) in [5.41, 5.74) is 5.36. The lowest BCUT2D eigenvalue weighted by molar-refractivity contribution is -0.133. The highest BCUT2D eigenvalue weighted by Gasteiger charge is 2.43. The molecule has 208 valence electrons. The van der Waals surface area contributed by atoms with E-state index in [1.807, 2.05) is 50.5 Å². The van der Waals surface area contributed by atoms with Crippen LogP contribution in [0.25, 0.3) is 0 Å². The highest BCUT2D eigenvalue weighted by molar-refractivity contribution is 5.92. The Morgan fingerprint density at radius 2 is 1.56 bits per heavy atom. The van der Waals surface area contributed by atoms with Crippen molar-refractivity contribution >= 4 is 11.6 Å². The first-order chi connectivity index (χ1) is 18.9. The van der Waals surface area contributed by atoms with Crippen molar-refractivity contribution < 1.29 is 4.79 Å². The van der Waals surface area contributed by atoms with Crippen molar-refractivity contribution in [1.82, 2.24) is 15.1 Å². The molecule has 0 spiro atoms. The van der Waals surface area contributed by atoms with E-state index in [1.165, 1.54) is 29.7 Å². The number of hydrogen-bond acceptors (Lipinski definition) is 4. The lowest BCUT2D eigenvalue weighted by atomic mass is 9.70. The third-order valence-electron chi connectivity index (χ3n) is 8.43. The molecule has 1 heterocycles. The Kier molecular flexibility index (Phi) is 10.2. The normalized spacial score (nSPS) is 15.8. The molecule has 1 fully saturated rings. The van der Waals surface area contributed by atoms with Crippen molar-refractivity contribution in [2.75, 3.05) is 58.7 Å². The average Bonchev–Trinajstić information content (AvgIpc) is 3.42. The number of nitrogens with zero attached hydrogens (tertiary/aromatic N) is 2. The predicted octanol–water partition coefficient (Wildman–Crippen LogP) is 5.48. The number of hydrogen-bond donors (Lipinski definition) is 2. The molecule has 39 heavy (non-hydrogen) atoms. The molecular formula is C34H46N4O. The van der Waals surface area contributed by atoms with E-state index >= 15 is 0 Å². The van der Waals surface area contributed by atoms with Gasteiger partial charge in [0.1, 0.15) is 5.41 Å². The van der Waals surface area contributed by atoms with Gasteiger partial charge in [-0.2, -0.15) is 0 Å². The van der Waals surface area contributed by atoms with Crippen LogP contribution >= 0.6 is 0 Å². The molecule has 5 nitrogen and oxygen atoms in total. The Hall–Kier alpha value is -3.15. The van der Waals surface area contributed by atoms with Crippen LogP contribution in [0.4, 0.5) is 5.69 Å². The van der Waals surface area contributed by atoms with Gasteiger partial charge in [-0.05, 0) is 87.0 Å². The zero-order valence-corrected chi connectivity index (χ0v) is 24.2. The Morgan fingerprint density at radius 3 is 2.21 bits per heavy atom. The Balaban J connectivity index is 1.30. The molecule has 1 unspecified atom stereocenters. The van der Waals surface area contributed by atoms with Crippen molar-refractivity contribution in [3.8, 4) is 0 Å². The second-order valence-corrected chi connectivity index (χ2v) is 11.3. The van der Waals surface area contributed by atoms with E-state index in [4.69, 9.17) is 0 Å². The summed E-state index contributed by atoms with van der Waals surface area (Å²) in [6.07, 6.45) is 3.19. The fraction of sp³-hybridized carbons (Fsp3) is 0.441. The molecule has 1 saturated heterocycles. The maximum atomic E-state index is 13.9. The molecule has 0 aromatic heterocycles. The van der Waals surface area contributed by atoms with E-state index in [-0.39, 0.29) is 5.91 Å². The van der Waals surface area contributed by atoms with Gasteiger partial charge in [-0.3, -0.25) is 4.79 Å². The topological polar surface area (TPSA) is 47.6 Å². The van der Waals surface area contributed by atoms with Crippen LogP contribution in [0.5, 0.6) is 0 Å². The molecule has 1 aliphatic heterocycles. The fourth-order valence-corrected chi connectivity index (χ4v) is 5.97. The Labute approximate surface area is 235 Å². The third kappa shape index (κ3) is 7.09. The lowest BCUT2D eigenvalue weighted by Crippen LogP contribution is -2.46. The number of anilines is 1. The van der Waals surface area contributed by atoms with Crippen molar-refractivity contribution in [3.05, 3.63) is 101 Å². The van der Waals surface area contributed by atoms with Gasteiger partial charge in [-0.25, -0.2) is 0 Å². The molecule has 0 saturated carbocycles. The van der Waals surface area contributed by atoms with Crippen LogP contribution in [0.1, 0.15) is 41.5 Å². The zero-order valence-electron chi connectivity index (χ0n) is 24.2. The minimum atomic E-state index is -0.686. The molecule has 1 atom stereocenters. The summed E-state index contributed by atoms with van der Waals surface area (Å²) in [4.78, 5) is 18.2. The molecular weight excluding hydrogens is 480 g/mol. The van der Waals surface area contributed by atoms with Gasteiger partial charge in [-0.1, -0.05) is 72.8 Å². The first-order valence-electron chi connectivity index (χ1n) is 14.5. The van der Waals surface area contributed by atoms with Crippen LogP contribution in [0.15, 0.2) is 78.9 Å². The monoisotopic (exact) mass is 526 g/mol. The van der Waals surface area contributed by atoms with E-state index in [9.17, 15) is 4.79 Å². The van der Waals surface area contributed by atoms with Gasteiger partial charge in [0.05, 0.1) is 0 Å². The second kappa shape index (κ2) is 13.8. The number of rotatable bonds is 13. The molecule has 1 aliphatic rings. The highest BCUT2D eigenvalue weighted by atomic mass is 16.2. The molecule has 3 aromatic rings. The van der Waals surface area contributed by atoms with Crippen LogP contribution in [0.2, 0.25) is 0 Å². The maximum Gasteiger partial charge on any atom is 0.237 e. The SMILES string of the molecule is Cc1cccc(NCCNCCC2CCN(CCC(C(=O)N(C)C)(c3ccccc3)c3ccccc3)C2)c1C. The van der Waals surface area contributed by atoms with Crippen LogP contribution in [-0.2, 0) is 10.2 Å². The molecule has 0 bridgehead atoms. The van der Waals surface area contributed by atoms with Crippen molar-refractivity contribution in [1.29, 1.82) is 0 Å². The van der Waals surface area contributed by atoms with E-state index in [0.717, 1.165) is 56.8 Å². The minimum Gasteiger partial charge on any atom is -0.384 e. The summed E-state index contributed by atoms with van der Waals surface area (Å²) in [6, 6.07) is 27.1. The summed E-state index contributed by atoms with van der Waals surface area (Å²) in [5.74, 6) is 0.853. The number of benzene rings is 3. The smallest absolute Gasteiger partial charge is 0.237 e. The van der Waals surface area contributed by atoms with E-state index < -0.39 is 5.41 Å². The molecule has 5 heteroatoms. The number of carbonyl (C=O) groups excluding carboxylic acids is 1. The van der Waals surface area contributed by atoms with Crippen molar-refractivity contribution in [2.45, 2.75) is 38.5 Å². The number of likely N-dealkylation sites (tertiary alicyclic amines) is 1. The van der Waals surface area contributed by atoms with Gasteiger partial charge in [0.25, 0.3) is 0 Å². The second-order valence-electron chi connectivity index (χ2n) is 11.3. The van der Waals surface area contributed by atoms with Crippen LogP contribution < -0.4 is 10.6 Å². The van der Waals surface area contributed by atoms with E-state index in [0.29, 0.717) is 5.92 Å². The van der Waals surface area contributed by atoms with Crippen LogP contribution in [-0.4, -0.2) is 69.1 Å². The first kappa shape index (κ1) is 28.8. The van der Waals surface area contributed by atoms with Crippen molar-refractivity contribution in [3.63, 3.8) is 0 Å². The Bertz CT molecular complexity index is 1140. The predicted molar refractivity (Wildman–Crippen MR) is 163 cm³/mol. The van der Waals surface area contributed by atoms with E-state index in [1.54, 1.807) is 4.90 Å². The third-order valence-corrected chi connectivity index (χ3v) is 8.43. The quantitative estimate of drug-likeness (QED) is 0.290. The van der Waals surface area contributed by atoms with Crippen LogP contribution in [0.3, 0.4) is 0 Å². The number of amides is 1. The Morgan fingerprint density at radius 1 is 0.897 bits per heavy atom. The molecule has 3 aromatic carbocycles. The van der Waals surface area contributed by atoms with E-state index in [2.05, 4.69) is 71.8 Å². The van der Waals surface area contributed by atoms with Gasteiger partial charge in [0, 0.05) is 39.4 Å². The molecule has 0 aliphatic carbocycles. The van der Waals surface area contributed by atoms with Gasteiger partial charge in [0.2, 0.25) is 5.91 Å². The standard InChI is InChI=1S/C34H46N4O/c1-27-12-11-17-32(28(27)2)36-23-22-35-21-18-29-19-24-38(26-29)25-20-34(33(39)37(3)4,30-13-7-5-8-14-30)31-15-9-6-10-16-31/h5-17,29,35-36H,18-26H2,1-4H3. The lowest BCUT2D eigenvalue weighted by Gasteiger charge is -2.37.